The van der Waals surface area contributed by atoms with Crippen molar-refractivity contribution in [3.8, 4) is 17.2 Å². The molecule has 0 spiro atoms. The SMILES string of the molecule is COc1cc(C(=O)NCCSC(C)(C)C)cc2c1OCCO2. The first kappa shape index (κ1) is 16.8. The Balaban J connectivity index is 2.01. The average Bonchev–Trinajstić information content (AvgIpc) is 2.49. The number of fused-ring (bicyclic) bond motifs is 1. The van der Waals surface area contributed by atoms with Crippen LogP contribution in [0.25, 0.3) is 0 Å². The summed E-state index contributed by atoms with van der Waals surface area (Å²) >= 11 is 1.82. The molecule has 1 aromatic carbocycles. The number of thioether (sulfide) groups is 1. The summed E-state index contributed by atoms with van der Waals surface area (Å²) in [5.74, 6) is 2.38. The van der Waals surface area contributed by atoms with E-state index < -0.39 is 0 Å². The van der Waals surface area contributed by atoms with Crippen molar-refractivity contribution in [1.29, 1.82) is 0 Å². The summed E-state index contributed by atoms with van der Waals surface area (Å²) in [6.07, 6.45) is 0. The van der Waals surface area contributed by atoms with E-state index in [0.29, 0.717) is 42.6 Å². The van der Waals surface area contributed by atoms with Gasteiger partial charge in [0.15, 0.2) is 11.5 Å². The molecule has 0 aromatic heterocycles. The van der Waals surface area contributed by atoms with Gasteiger partial charge < -0.3 is 19.5 Å². The molecule has 2 rings (SSSR count). The number of amides is 1. The predicted molar refractivity (Wildman–Crippen MR) is 88.5 cm³/mol. The van der Waals surface area contributed by atoms with Crippen molar-refractivity contribution in [3.05, 3.63) is 17.7 Å². The normalized spacial score (nSPS) is 13.6. The molecule has 1 aromatic rings. The number of benzene rings is 1. The van der Waals surface area contributed by atoms with E-state index in [1.54, 1.807) is 19.2 Å². The van der Waals surface area contributed by atoms with Crippen LogP contribution in [-0.4, -0.2) is 43.3 Å². The lowest BCUT2D eigenvalue weighted by molar-refractivity contribution is 0.0954. The highest BCUT2D eigenvalue weighted by Gasteiger charge is 2.20. The summed E-state index contributed by atoms with van der Waals surface area (Å²) in [4.78, 5) is 12.3. The summed E-state index contributed by atoms with van der Waals surface area (Å²) < 4.78 is 16.6. The summed E-state index contributed by atoms with van der Waals surface area (Å²) in [6.45, 7) is 8.06. The molecule has 1 N–H and O–H groups in total. The van der Waals surface area contributed by atoms with Crippen molar-refractivity contribution < 1.29 is 19.0 Å². The molecule has 1 aliphatic rings. The van der Waals surface area contributed by atoms with Crippen molar-refractivity contribution >= 4 is 17.7 Å². The molecule has 0 radical (unpaired) electrons. The fourth-order valence-corrected chi connectivity index (χ4v) is 2.84. The summed E-state index contributed by atoms with van der Waals surface area (Å²) in [5, 5.41) is 2.92. The molecule has 0 fully saturated rings. The molecular formula is C16H23NO4S. The molecule has 22 heavy (non-hydrogen) atoms. The van der Waals surface area contributed by atoms with Crippen LogP contribution in [0, 0.1) is 0 Å². The number of methoxy groups -OCH3 is 1. The molecule has 0 unspecified atom stereocenters. The number of hydrogen-bond acceptors (Lipinski definition) is 5. The highest BCUT2D eigenvalue weighted by molar-refractivity contribution is 8.00. The van der Waals surface area contributed by atoms with Gasteiger partial charge in [-0.1, -0.05) is 20.8 Å². The van der Waals surface area contributed by atoms with Gasteiger partial charge in [-0.25, -0.2) is 0 Å². The van der Waals surface area contributed by atoms with E-state index in [4.69, 9.17) is 14.2 Å². The fraction of sp³-hybridized carbons (Fsp3) is 0.562. The third-order valence-corrected chi connectivity index (χ3v) is 4.29. The zero-order valence-electron chi connectivity index (χ0n) is 13.5. The highest BCUT2D eigenvalue weighted by atomic mass is 32.2. The molecule has 5 nitrogen and oxygen atoms in total. The van der Waals surface area contributed by atoms with E-state index in [1.807, 2.05) is 11.8 Å². The molecular weight excluding hydrogens is 302 g/mol. The van der Waals surface area contributed by atoms with E-state index in [9.17, 15) is 4.79 Å². The van der Waals surface area contributed by atoms with Gasteiger partial charge in [-0.05, 0) is 12.1 Å². The van der Waals surface area contributed by atoms with Gasteiger partial charge in [0.25, 0.3) is 5.91 Å². The van der Waals surface area contributed by atoms with E-state index in [0.717, 1.165) is 5.75 Å². The van der Waals surface area contributed by atoms with Gasteiger partial charge in [0.2, 0.25) is 5.75 Å². The third kappa shape index (κ3) is 4.47. The van der Waals surface area contributed by atoms with Gasteiger partial charge in [0, 0.05) is 22.6 Å². The molecule has 6 heteroatoms. The largest absolute Gasteiger partial charge is 0.493 e. The van der Waals surface area contributed by atoms with Gasteiger partial charge >= 0.3 is 0 Å². The summed E-state index contributed by atoms with van der Waals surface area (Å²) in [6, 6.07) is 3.38. The van der Waals surface area contributed by atoms with E-state index >= 15 is 0 Å². The van der Waals surface area contributed by atoms with Crippen LogP contribution >= 0.6 is 11.8 Å². The Bertz CT molecular complexity index is 522. The minimum absolute atomic E-state index is 0.134. The lowest BCUT2D eigenvalue weighted by Gasteiger charge is -2.21. The monoisotopic (exact) mass is 325 g/mol. The van der Waals surface area contributed by atoms with Crippen molar-refractivity contribution in [2.24, 2.45) is 0 Å². The topological polar surface area (TPSA) is 56.8 Å². The Morgan fingerprint density at radius 1 is 1.32 bits per heavy atom. The minimum atomic E-state index is -0.134. The maximum absolute atomic E-state index is 12.3. The van der Waals surface area contributed by atoms with Gasteiger partial charge in [0.1, 0.15) is 13.2 Å². The Labute approximate surface area is 135 Å². The van der Waals surface area contributed by atoms with Crippen LogP contribution in [0.1, 0.15) is 31.1 Å². The molecule has 0 saturated carbocycles. The quantitative estimate of drug-likeness (QED) is 0.844. The number of nitrogens with one attached hydrogen (secondary N) is 1. The Morgan fingerprint density at radius 3 is 2.73 bits per heavy atom. The summed E-state index contributed by atoms with van der Waals surface area (Å²) in [7, 11) is 1.55. The van der Waals surface area contributed by atoms with Crippen LogP contribution in [0.2, 0.25) is 0 Å². The van der Waals surface area contributed by atoms with E-state index in [1.165, 1.54) is 0 Å². The molecule has 122 valence electrons. The molecule has 0 atom stereocenters. The summed E-state index contributed by atoms with van der Waals surface area (Å²) in [5.41, 5.74) is 0.516. The van der Waals surface area contributed by atoms with Crippen LogP contribution < -0.4 is 19.5 Å². The van der Waals surface area contributed by atoms with E-state index in [2.05, 4.69) is 26.1 Å². The fourth-order valence-electron chi connectivity index (χ4n) is 2.03. The smallest absolute Gasteiger partial charge is 0.251 e. The van der Waals surface area contributed by atoms with Gasteiger partial charge in [-0.15, -0.1) is 0 Å². The third-order valence-electron chi connectivity index (χ3n) is 3.01. The van der Waals surface area contributed by atoms with Crippen LogP contribution in [0.3, 0.4) is 0 Å². The zero-order valence-corrected chi connectivity index (χ0v) is 14.3. The second-order valence-corrected chi connectivity index (χ2v) is 7.84. The first-order chi connectivity index (χ1) is 10.4. The van der Waals surface area contributed by atoms with Crippen molar-refractivity contribution in [1.82, 2.24) is 5.32 Å². The number of ether oxygens (including phenoxy) is 3. The maximum atomic E-state index is 12.3. The van der Waals surface area contributed by atoms with Gasteiger partial charge in [-0.3, -0.25) is 4.79 Å². The zero-order chi connectivity index (χ0) is 16.2. The van der Waals surface area contributed by atoms with Crippen LogP contribution in [-0.2, 0) is 0 Å². The van der Waals surface area contributed by atoms with Crippen molar-refractivity contribution in [2.45, 2.75) is 25.5 Å². The molecule has 0 aliphatic carbocycles. The second kappa shape index (κ2) is 7.13. The van der Waals surface area contributed by atoms with Crippen LogP contribution in [0.5, 0.6) is 17.2 Å². The number of carbonyl (C=O) groups excluding carboxylic acids is 1. The lowest BCUT2D eigenvalue weighted by Crippen LogP contribution is -2.27. The maximum Gasteiger partial charge on any atom is 0.251 e. The van der Waals surface area contributed by atoms with Gasteiger partial charge in [-0.2, -0.15) is 11.8 Å². The molecule has 1 amide bonds. The number of hydrogen-bond donors (Lipinski definition) is 1. The number of rotatable bonds is 5. The first-order valence-corrected chi connectivity index (χ1v) is 8.29. The Hall–Kier alpha value is -1.56. The first-order valence-electron chi connectivity index (χ1n) is 7.30. The highest BCUT2D eigenvalue weighted by Crippen LogP contribution is 2.40. The Kier molecular flexibility index (Phi) is 5.45. The molecule has 0 bridgehead atoms. The average molecular weight is 325 g/mol. The Morgan fingerprint density at radius 2 is 2.05 bits per heavy atom. The second-order valence-electron chi connectivity index (χ2n) is 5.92. The van der Waals surface area contributed by atoms with E-state index in [-0.39, 0.29) is 10.7 Å². The predicted octanol–water partition coefficient (Wildman–Crippen LogP) is 2.73. The standard InChI is InChI=1S/C16H23NO4S/c1-16(2,3)22-8-5-17-15(18)11-9-12(19-4)14-13(10-11)20-6-7-21-14/h9-10H,5-8H2,1-4H3,(H,17,18). The van der Waals surface area contributed by atoms with Crippen LogP contribution in [0.15, 0.2) is 12.1 Å². The van der Waals surface area contributed by atoms with Gasteiger partial charge in [0.05, 0.1) is 7.11 Å². The molecule has 1 aliphatic heterocycles. The molecule has 1 heterocycles. The van der Waals surface area contributed by atoms with Crippen LogP contribution in [0.4, 0.5) is 0 Å². The van der Waals surface area contributed by atoms with Crippen molar-refractivity contribution in [2.75, 3.05) is 32.6 Å². The number of carbonyl (C=O) groups is 1. The molecule has 0 saturated heterocycles. The lowest BCUT2D eigenvalue weighted by atomic mass is 10.1. The van der Waals surface area contributed by atoms with Crippen molar-refractivity contribution in [3.63, 3.8) is 0 Å². The minimum Gasteiger partial charge on any atom is -0.493 e.